The highest BCUT2D eigenvalue weighted by molar-refractivity contribution is 8.27. The monoisotopic (exact) mass is 375 g/mol. The summed E-state index contributed by atoms with van der Waals surface area (Å²) in [6.07, 6.45) is 1.54. The first-order chi connectivity index (χ1) is 11.5. The van der Waals surface area contributed by atoms with E-state index in [1.165, 1.54) is 11.0 Å². The van der Waals surface area contributed by atoms with Crippen molar-refractivity contribution in [2.24, 2.45) is 0 Å². The number of nitrogens with zero attached hydrogens (tertiary/aromatic N) is 1. The summed E-state index contributed by atoms with van der Waals surface area (Å²) in [6, 6.07) is 13.4. The van der Waals surface area contributed by atoms with Crippen molar-refractivity contribution in [3.63, 3.8) is 0 Å². The number of halogens is 1. The molecule has 0 saturated carbocycles. The number of carboxylic acids is 1. The van der Waals surface area contributed by atoms with Crippen LogP contribution in [-0.4, -0.2) is 21.3 Å². The number of thiocarbonyl (C=S) groups is 1. The Morgan fingerprint density at radius 3 is 2.54 bits per heavy atom. The van der Waals surface area contributed by atoms with Crippen molar-refractivity contribution in [2.45, 2.75) is 0 Å². The van der Waals surface area contributed by atoms with E-state index in [9.17, 15) is 14.7 Å². The van der Waals surface area contributed by atoms with Crippen LogP contribution in [0.1, 0.15) is 15.9 Å². The summed E-state index contributed by atoms with van der Waals surface area (Å²) < 4.78 is 0.354. The van der Waals surface area contributed by atoms with E-state index in [0.717, 1.165) is 11.8 Å². The van der Waals surface area contributed by atoms with Crippen LogP contribution in [0.15, 0.2) is 53.4 Å². The predicted molar refractivity (Wildman–Crippen MR) is 101 cm³/mol. The van der Waals surface area contributed by atoms with Gasteiger partial charge in [-0.05, 0) is 29.8 Å². The fraction of sp³-hybridized carbons (Fsp3) is 0. The standard InChI is InChI=1S/C17H10ClNO3S2/c18-12-7-3-4-8-13(12)19-15(20)14(24-17(19)23)9-10-5-1-2-6-11(10)16(21)22/h1-9H,(H,21,22)/b14-9+. The van der Waals surface area contributed by atoms with Crippen LogP contribution in [0.5, 0.6) is 0 Å². The van der Waals surface area contributed by atoms with E-state index in [1.54, 1.807) is 48.5 Å². The second kappa shape index (κ2) is 6.76. The van der Waals surface area contributed by atoms with E-state index in [4.69, 9.17) is 23.8 Å². The number of hydrogen-bond acceptors (Lipinski definition) is 4. The van der Waals surface area contributed by atoms with Gasteiger partial charge in [0.2, 0.25) is 0 Å². The smallest absolute Gasteiger partial charge is 0.336 e. The number of thioether (sulfide) groups is 1. The van der Waals surface area contributed by atoms with Gasteiger partial charge in [-0.15, -0.1) is 0 Å². The van der Waals surface area contributed by atoms with Gasteiger partial charge in [-0.3, -0.25) is 9.69 Å². The molecule has 0 aromatic heterocycles. The molecule has 120 valence electrons. The second-order valence-electron chi connectivity index (χ2n) is 4.86. The molecule has 1 aliphatic rings. The van der Waals surface area contributed by atoms with Gasteiger partial charge in [0.05, 0.1) is 21.2 Å². The molecule has 2 aromatic rings. The molecule has 24 heavy (non-hydrogen) atoms. The van der Waals surface area contributed by atoms with Gasteiger partial charge in [0.1, 0.15) is 0 Å². The predicted octanol–water partition coefficient (Wildman–Crippen LogP) is 4.44. The number of aromatic carboxylic acids is 1. The number of carboxylic acid groups (broad SMARTS) is 1. The first-order valence-corrected chi connectivity index (χ1v) is 8.44. The minimum absolute atomic E-state index is 0.125. The molecule has 0 aliphatic carbocycles. The Kier molecular flexibility index (Phi) is 4.71. The van der Waals surface area contributed by atoms with Crippen LogP contribution in [0.2, 0.25) is 5.02 Å². The van der Waals surface area contributed by atoms with Gasteiger partial charge in [0.15, 0.2) is 4.32 Å². The molecule has 0 bridgehead atoms. The lowest BCUT2D eigenvalue weighted by molar-refractivity contribution is -0.113. The summed E-state index contributed by atoms with van der Waals surface area (Å²) in [6.45, 7) is 0. The molecule has 1 heterocycles. The fourth-order valence-corrected chi connectivity index (χ4v) is 3.76. The third-order valence-corrected chi connectivity index (χ3v) is 4.99. The van der Waals surface area contributed by atoms with E-state index in [0.29, 0.717) is 25.5 Å². The van der Waals surface area contributed by atoms with Gasteiger partial charge in [0, 0.05) is 0 Å². The number of para-hydroxylation sites is 1. The zero-order valence-electron chi connectivity index (χ0n) is 12.1. The van der Waals surface area contributed by atoms with Gasteiger partial charge in [0.25, 0.3) is 5.91 Å². The fourth-order valence-electron chi connectivity index (χ4n) is 2.27. The third-order valence-electron chi connectivity index (χ3n) is 3.36. The lowest BCUT2D eigenvalue weighted by atomic mass is 10.1. The number of amides is 1. The van der Waals surface area contributed by atoms with Crippen LogP contribution in [0.3, 0.4) is 0 Å². The molecule has 1 saturated heterocycles. The van der Waals surface area contributed by atoms with E-state index < -0.39 is 5.97 Å². The SMILES string of the molecule is O=C(O)c1ccccc1/C=C1/SC(=S)N(c2ccccc2Cl)C1=O. The number of hydrogen-bond donors (Lipinski definition) is 1. The van der Waals surface area contributed by atoms with Crippen molar-refractivity contribution < 1.29 is 14.7 Å². The molecule has 0 radical (unpaired) electrons. The number of carbonyl (C=O) groups excluding carboxylic acids is 1. The lowest BCUT2D eigenvalue weighted by Crippen LogP contribution is -2.27. The Labute approximate surface area is 152 Å². The van der Waals surface area contributed by atoms with Crippen molar-refractivity contribution in [2.75, 3.05) is 4.90 Å². The molecule has 2 aromatic carbocycles. The zero-order chi connectivity index (χ0) is 17.3. The van der Waals surface area contributed by atoms with E-state index in [1.807, 2.05) is 0 Å². The topological polar surface area (TPSA) is 57.6 Å². The molecule has 0 unspecified atom stereocenters. The quantitative estimate of drug-likeness (QED) is 0.634. The van der Waals surface area contributed by atoms with Crippen LogP contribution in [0, 0.1) is 0 Å². The van der Waals surface area contributed by atoms with Gasteiger partial charge in [-0.2, -0.15) is 0 Å². The molecule has 3 rings (SSSR count). The summed E-state index contributed by atoms with van der Waals surface area (Å²) in [7, 11) is 0. The van der Waals surface area contributed by atoms with E-state index in [-0.39, 0.29) is 11.5 Å². The van der Waals surface area contributed by atoms with Crippen LogP contribution in [0.4, 0.5) is 5.69 Å². The minimum Gasteiger partial charge on any atom is -0.478 e. The maximum Gasteiger partial charge on any atom is 0.336 e. The number of carbonyl (C=O) groups is 2. The van der Waals surface area contributed by atoms with E-state index in [2.05, 4.69) is 0 Å². The second-order valence-corrected chi connectivity index (χ2v) is 6.94. The minimum atomic E-state index is -1.05. The van der Waals surface area contributed by atoms with Crippen molar-refractivity contribution in [1.29, 1.82) is 0 Å². The first kappa shape index (κ1) is 16.7. The molecule has 0 atom stereocenters. The van der Waals surface area contributed by atoms with Gasteiger partial charge in [-0.25, -0.2) is 4.79 Å². The zero-order valence-corrected chi connectivity index (χ0v) is 14.5. The molecular weight excluding hydrogens is 366 g/mol. The molecule has 0 spiro atoms. The Hall–Kier alpha value is -2.15. The first-order valence-electron chi connectivity index (χ1n) is 6.84. The van der Waals surface area contributed by atoms with Crippen molar-refractivity contribution in [3.8, 4) is 0 Å². The van der Waals surface area contributed by atoms with Crippen LogP contribution < -0.4 is 4.90 Å². The molecule has 1 N–H and O–H groups in total. The molecule has 4 nitrogen and oxygen atoms in total. The highest BCUT2D eigenvalue weighted by Gasteiger charge is 2.34. The van der Waals surface area contributed by atoms with Crippen molar-refractivity contribution in [3.05, 3.63) is 69.6 Å². The van der Waals surface area contributed by atoms with Crippen LogP contribution in [-0.2, 0) is 4.79 Å². The average molecular weight is 376 g/mol. The lowest BCUT2D eigenvalue weighted by Gasteiger charge is -2.15. The maximum atomic E-state index is 12.7. The summed E-state index contributed by atoms with van der Waals surface area (Å²) >= 11 is 12.6. The van der Waals surface area contributed by atoms with Gasteiger partial charge >= 0.3 is 5.97 Å². The largest absolute Gasteiger partial charge is 0.478 e. The molecule has 1 amide bonds. The summed E-state index contributed by atoms with van der Waals surface area (Å²) in [5, 5.41) is 9.67. The summed E-state index contributed by atoms with van der Waals surface area (Å²) in [4.78, 5) is 25.7. The van der Waals surface area contributed by atoms with Crippen molar-refractivity contribution >= 4 is 63.5 Å². The van der Waals surface area contributed by atoms with Gasteiger partial charge in [-0.1, -0.05) is 65.9 Å². The summed E-state index contributed by atoms with van der Waals surface area (Å²) in [5.41, 5.74) is 1.08. The number of benzene rings is 2. The highest BCUT2D eigenvalue weighted by atomic mass is 35.5. The normalized spacial score (nSPS) is 16.0. The molecular formula is C17H10ClNO3S2. The Bertz CT molecular complexity index is 895. The van der Waals surface area contributed by atoms with E-state index >= 15 is 0 Å². The maximum absolute atomic E-state index is 12.7. The number of anilines is 1. The van der Waals surface area contributed by atoms with Crippen molar-refractivity contribution in [1.82, 2.24) is 0 Å². The Balaban J connectivity index is 2.01. The van der Waals surface area contributed by atoms with Crippen LogP contribution >= 0.6 is 35.6 Å². The molecule has 1 fully saturated rings. The van der Waals surface area contributed by atoms with Gasteiger partial charge < -0.3 is 5.11 Å². The third kappa shape index (κ3) is 3.08. The summed E-state index contributed by atoms with van der Waals surface area (Å²) in [5.74, 6) is -1.37. The average Bonchev–Trinajstić information content (AvgIpc) is 2.82. The highest BCUT2D eigenvalue weighted by Crippen LogP contribution is 2.38. The molecule has 7 heteroatoms. The Morgan fingerprint density at radius 2 is 1.83 bits per heavy atom. The Morgan fingerprint density at radius 1 is 1.17 bits per heavy atom. The van der Waals surface area contributed by atoms with Crippen LogP contribution in [0.25, 0.3) is 6.08 Å². The molecule has 1 aliphatic heterocycles. The number of rotatable bonds is 3.